The third-order valence-electron chi connectivity index (χ3n) is 10.4. The summed E-state index contributed by atoms with van der Waals surface area (Å²) in [5, 5.41) is 18.5. The molecule has 0 radical (unpaired) electrons. The molecule has 4 heterocycles. The molecule has 4 aliphatic heterocycles. The molecule has 9 nitrogen and oxygen atoms in total. The van der Waals surface area contributed by atoms with E-state index in [1.165, 1.54) is 25.0 Å². The van der Waals surface area contributed by atoms with E-state index in [9.17, 15) is 5.11 Å². The van der Waals surface area contributed by atoms with Gasteiger partial charge < -0.3 is 20.5 Å². The highest BCUT2D eigenvalue weighted by molar-refractivity contribution is 5.31. The topological polar surface area (TPSA) is 110 Å². The van der Waals surface area contributed by atoms with Crippen LogP contribution in [0.1, 0.15) is 32.6 Å². The van der Waals surface area contributed by atoms with Gasteiger partial charge in [0.2, 0.25) is 0 Å². The average molecular weight is 516 g/mol. The van der Waals surface area contributed by atoms with Gasteiger partial charge in [-0.1, -0.05) is 25.2 Å². The zero-order valence-corrected chi connectivity index (χ0v) is 22.5. The lowest BCUT2D eigenvalue weighted by molar-refractivity contribution is -0.0339. The number of hydrogen-bond acceptors (Lipinski definition) is 9. The molecule has 0 aromatic carbocycles. The average Bonchev–Trinajstić information content (AvgIpc) is 3.45. The first-order valence-corrected chi connectivity index (χ1v) is 14.9. The van der Waals surface area contributed by atoms with E-state index in [4.69, 9.17) is 10.5 Å². The van der Waals surface area contributed by atoms with E-state index >= 15 is 0 Å². The van der Waals surface area contributed by atoms with Gasteiger partial charge in [-0.15, -0.1) is 0 Å². The van der Waals surface area contributed by atoms with Crippen LogP contribution in [0, 0.1) is 29.6 Å². The number of aliphatic hydroxyl groups excluding tert-OH is 1. The van der Waals surface area contributed by atoms with Gasteiger partial charge in [0, 0.05) is 56.6 Å². The lowest BCUT2D eigenvalue weighted by atomic mass is 9.82. The van der Waals surface area contributed by atoms with E-state index in [-0.39, 0.29) is 12.3 Å². The fourth-order valence-electron chi connectivity index (χ4n) is 8.26. The Balaban J connectivity index is 1.17. The Labute approximate surface area is 222 Å². The van der Waals surface area contributed by atoms with Crippen molar-refractivity contribution in [3.05, 3.63) is 23.8 Å². The van der Waals surface area contributed by atoms with Crippen molar-refractivity contribution in [1.82, 2.24) is 31.3 Å². The van der Waals surface area contributed by atoms with Gasteiger partial charge in [0.1, 0.15) is 0 Å². The molecule has 10 unspecified atom stereocenters. The Kier molecular flexibility index (Phi) is 8.33. The molecule has 2 aliphatic carbocycles. The van der Waals surface area contributed by atoms with Crippen LogP contribution in [0.15, 0.2) is 23.8 Å². The van der Waals surface area contributed by atoms with Gasteiger partial charge in [-0.05, 0) is 62.1 Å². The fraction of sp³-hybridized carbons (Fsp3) is 0.857. The third-order valence-corrected chi connectivity index (χ3v) is 10.4. The molecule has 0 aromatic heterocycles. The number of hydrazine groups is 1. The maximum Gasteiger partial charge on any atom is 0.0815 e. The van der Waals surface area contributed by atoms with E-state index < -0.39 is 0 Å². The van der Waals surface area contributed by atoms with E-state index in [1.807, 2.05) is 0 Å². The van der Waals surface area contributed by atoms with E-state index in [1.54, 1.807) is 0 Å². The van der Waals surface area contributed by atoms with Crippen LogP contribution in [0.4, 0.5) is 0 Å². The summed E-state index contributed by atoms with van der Waals surface area (Å²) >= 11 is 0. The van der Waals surface area contributed by atoms with Crippen molar-refractivity contribution in [3.8, 4) is 0 Å². The van der Waals surface area contributed by atoms with Crippen molar-refractivity contribution in [2.24, 2.45) is 35.3 Å². The summed E-state index contributed by atoms with van der Waals surface area (Å²) in [6, 6.07) is 0.897. The Morgan fingerprint density at radius 2 is 2.03 bits per heavy atom. The Hall–Kier alpha value is -0.880. The standard InChI is InChI=1S/C28H49N7O2/c1-18-20(17-34-8-3-4-19(7-9-34)25(36)15-29)14-24-26(18)28(35-10-12-37-13-11-35)32-27(31-24)21-5-2-6-23-22(21)16-30-33-23/h2,5-6,18-20,22-28,30-33,36H,3-4,7-17,29H2,1H3. The van der Waals surface area contributed by atoms with E-state index in [2.05, 4.69) is 56.4 Å². The highest BCUT2D eigenvalue weighted by Gasteiger charge is 2.51. The smallest absolute Gasteiger partial charge is 0.0815 e. The predicted molar refractivity (Wildman–Crippen MR) is 145 cm³/mol. The number of nitrogens with zero attached hydrogens (tertiary/aromatic N) is 2. The molecule has 4 saturated heterocycles. The summed E-state index contributed by atoms with van der Waals surface area (Å²) in [6.07, 6.45) is 11.7. The quantitative estimate of drug-likeness (QED) is 0.287. The zero-order valence-electron chi connectivity index (χ0n) is 22.5. The van der Waals surface area contributed by atoms with Crippen LogP contribution < -0.4 is 27.2 Å². The molecule has 0 aromatic rings. The summed E-state index contributed by atoms with van der Waals surface area (Å²) in [5.74, 6) is 2.77. The monoisotopic (exact) mass is 515 g/mol. The van der Waals surface area contributed by atoms with E-state index in [0.29, 0.717) is 54.4 Å². The highest BCUT2D eigenvalue weighted by atomic mass is 16.5. The second-order valence-corrected chi connectivity index (χ2v) is 12.4. The van der Waals surface area contributed by atoms with Crippen LogP contribution in [0.25, 0.3) is 0 Å². The number of ether oxygens (including phenoxy) is 1. The van der Waals surface area contributed by atoms with Crippen LogP contribution in [0.5, 0.6) is 0 Å². The van der Waals surface area contributed by atoms with Gasteiger partial charge in [0.15, 0.2) is 0 Å². The lowest BCUT2D eigenvalue weighted by Crippen LogP contribution is -2.69. The SMILES string of the molecule is CC1C(CN2CCCC(C(O)CN)CC2)CC2NC(C3=CC=CC4NNCC34)NC(N3CCOCC3)C21. The van der Waals surface area contributed by atoms with Gasteiger partial charge in [0.25, 0.3) is 0 Å². The molecule has 10 atom stereocenters. The number of hydrogen-bond donors (Lipinski definition) is 6. The number of likely N-dealkylation sites (tertiary alicyclic amines) is 1. The van der Waals surface area contributed by atoms with Gasteiger partial charge in [-0.25, -0.2) is 0 Å². The van der Waals surface area contributed by atoms with Crippen LogP contribution in [0.2, 0.25) is 0 Å². The first-order valence-electron chi connectivity index (χ1n) is 14.9. The summed E-state index contributed by atoms with van der Waals surface area (Å²) in [4.78, 5) is 5.35. The number of rotatable bonds is 6. The molecule has 37 heavy (non-hydrogen) atoms. The minimum Gasteiger partial charge on any atom is -0.392 e. The number of morpholine rings is 1. The maximum absolute atomic E-state index is 10.3. The summed E-state index contributed by atoms with van der Waals surface area (Å²) in [5.41, 5.74) is 14.1. The molecular formula is C28H49N7O2. The molecule has 208 valence electrons. The van der Waals surface area contributed by atoms with Crippen molar-refractivity contribution in [2.75, 3.05) is 59.0 Å². The van der Waals surface area contributed by atoms with Gasteiger partial charge in [-0.3, -0.25) is 26.4 Å². The molecule has 6 aliphatic rings. The van der Waals surface area contributed by atoms with Crippen molar-refractivity contribution in [3.63, 3.8) is 0 Å². The molecule has 1 saturated carbocycles. The van der Waals surface area contributed by atoms with Crippen LogP contribution in [0.3, 0.4) is 0 Å². The van der Waals surface area contributed by atoms with E-state index in [0.717, 1.165) is 58.8 Å². The van der Waals surface area contributed by atoms with Crippen molar-refractivity contribution >= 4 is 0 Å². The Bertz CT molecular complexity index is 833. The van der Waals surface area contributed by atoms with Gasteiger partial charge in [-0.2, -0.15) is 0 Å². The third kappa shape index (κ3) is 5.44. The fourth-order valence-corrected chi connectivity index (χ4v) is 8.26. The second-order valence-electron chi connectivity index (χ2n) is 12.4. The molecule has 7 N–H and O–H groups in total. The van der Waals surface area contributed by atoms with Gasteiger partial charge >= 0.3 is 0 Å². The normalized spacial score (nSPS) is 44.2. The minimum atomic E-state index is -0.344. The number of aliphatic hydroxyl groups is 1. The minimum absolute atomic E-state index is 0.205. The molecule has 0 amide bonds. The second kappa shape index (κ2) is 11.7. The predicted octanol–water partition coefficient (Wildman–Crippen LogP) is -0.185. The van der Waals surface area contributed by atoms with Crippen molar-refractivity contribution in [2.45, 2.75) is 63.1 Å². The van der Waals surface area contributed by atoms with Crippen LogP contribution in [-0.2, 0) is 4.74 Å². The number of nitrogens with two attached hydrogens (primary N) is 1. The number of fused-ring (bicyclic) bond motifs is 2. The summed E-state index contributed by atoms with van der Waals surface area (Å²) in [7, 11) is 0. The molecule has 0 spiro atoms. The first kappa shape index (κ1) is 26.3. The van der Waals surface area contributed by atoms with Crippen molar-refractivity contribution < 1.29 is 9.84 Å². The Morgan fingerprint density at radius 3 is 2.86 bits per heavy atom. The maximum atomic E-state index is 10.3. The molecule has 6 rings (SSSR count). The number of nitrogens with one attached hydrogen (secondary N) is 4. The molecular weight excluding hydrogens is 466 g/mol. The Morgan fingerprint density at radius 1 is 1.16 bits per heavy atom. The largest absolute Gasteiger partial charge is 0.392 e. The van der Waals surface area contributed by atoms with Crippen LogP contribution in [-0.4, -0.2) is 104 Å². The lowest BCUT2D eigenvalue weighted by Gasteiger charge is -2.49. The molecule has 5 fully saturated rings. The van der Waals surface area contributed by atoms with Crippen molar-refractivity contribution in [1.29, 1.82) is 0 Å². The number of allylic oxidation sites excluding steroid dienone is 2. The molecule has 0 bridgehead atoms. The summed E-state index contributed by atoms with van der Waals surface area (Å²) in [6.45, 7) is 11.0. The zero-order chi connectivity index (χ0) is 25.4. The highest BCUT2D eigenvalue weighted by Crippen LogP contribution is 2.43. The molecule has 9 heteroatoms. The summed E-state index contributed by atoms with van der Waals surface area (Å²) < 4.78 is 5.74. The van der Waals surface area contributed by atoms with Gasteiger partial charge in [0.05, 0.1) is 31.6 Å². The first-order chi connectivity index (χ1) is 18.1. The van der Waals surface area contributed by atoms with Crippen LogP contribution >= 0.6 is 0 Å².